The topological polar surface area (TPSA) is 77.2 Å². The number of rotatable bonds is 2. The maximum atomic E-state index is 11.8. The number of amides is 1. The van der Waals surface area contributed by atoms with E-state index in [4.69, 9.17) is 10.5 Å². The number of nitrogen functional groups attached to an aromatic ring is 1. The molecule has 102 valence electrons. The summed E-state index contributed by atoms with van der Waals surface area (Å²) >= 11 is 1.30. The summed E-state index contributed by atoms with van der Waals surface area (Å²) in [7, 11) is 3.21. The van der Waals surface area contributed by atoms with Crippen molar-refractivity contribution in [2.24, 2.45) is 0 Å². The van der Waals surface area contributed by atoms with Gasteiger partial charge in [-0.05, 0) is 24.3 Å². The first-order valence-electron chi connectivity index (χ1n) is 6.03. The predicted octanol–water partition coefficient (Wildman–Crippen LogP) is 2.40. The molecule has 20 heavy (non-hydrogen) atoms. The largest absolute Gasteiger partial charge is 0.497 e. The summed E-state index contributed by atoms with van der Waals surface area (Å²) in [5.41, 5.74) is 7.38. The number of pyridine rings is 1. The number of anilines is 1. The monoisotopic (exact) mass is 287 g/mol. The molecular weight excluding hydrogens is 274 g/mol. The number of ether oxygens (including phenoxy) is 1. The highest BCUT2D eigenvalue weighted by Crippen LogP contribution is 2.35. The van der Waals surface area contributed by atoms with Gasteiger partial charge < -0.3 is 15.8 Å². The molecule has 2 aromatic heterocycles. The second-order valence-corrected chi connectivity index (χ2v) is 5.32. The lowest BCUT2D eigenvalue weighted by Crippen LogP contribution is -2.17. The lowest BCUT2D eigenvalue weighted by molar-refractivity contribution is 0.0968. The van der Waals surface area contributed by atoms with Crippen molar-refractivity contribution in [3.05, 3.63) is 29.1 Å². The lowest BCUT2D eigenvalue weighted by Gasteiger charge is -2.02. The van der Waals surface area contributed by atoms with E-state index in [0.29, 0.717) is 10.6 Å². The van der Waals surface area contributed by atoms with E-state index in [0.717, 1.165) is 26.9 Å². The van der Waals surface area contributed by atoms with Gasteiger partial charge in [-0.15, -0.1) is 11.3 Å². The predicted molar refractivity (Wildman–Crippen MR) is 81.5 cm³/mol. The molecule has 0 fully saturated rings. The van der Waals surface area contributed by atoms with Crippen molar-refractivity contribution in [3.63, 3.8) is 0 Å². The Kier molecular flexibility index (Phi) is 2.94. The summed E-state index contributed by atoms with van der Waals surface area (Å²) in [5, 5.41) is 4.32. The maximum Gasteiger partial charge on any atom is 0.263 e. The van der Waals surface area contributed by atoms with Crippen molar-refractivity contribution in [1.82, 2.24) is 10.3 Å². The Morgan fingerprint density at radius 1 is 1.40 bits per heavy atom. The second-order valence-electron chi connectivity index (χ2n) is 4.32. The first-order valence-corrected chi connectivity index (χ1v) is 6.84. The Balaban J connectivity index is 2.29. The Morgan fingerprint density at radius 2 is 2.20 bits per heavy atom. The number of hydrogen-bond acceptors (Lipinski definition) is 5. The molecule has 0 unspecified atom stereocenters. The van der Waals surface area contributed by atoms with Crippen LogP contribution in [0.3, 0.4) is 0 Å². The molecule has 1 aromatic carbocycles. The molecular formula is C14H13N3O2S. The van der Waals surface area contributed by atoms with Gasteiger partial charge in [0.05, 0.1) is 18.3 Å². The van der Waals surface area contributed by atoms with Gasteiger partial charge in [-0.3, -0.25) is 4.79 Å². The van der Waals surface area contributed by atoms with Crippen LogP contribution in [0.15, 0.2) is 24.3 Å². The van der Waals surface area contributed by atoms with Gasteiger partial charge >= 0.3 is 0 Å². The molecule has 0 spiro atoms. The summed E-state index contributed by atoms with van der Waals surface area (Å²) in [6.45, 7) is 0. The fraction of sp³-hybridized carbons (Fsp3) is 0.143. The molecule has 3 aromatic rings. The van der Waals surface area contributed by atoms with Crippen molar-refractivity contribution in [3.8, 4) is 5.75 Å². The summed E-state index contributed by atoms with van der Waals surface area (Å²) in [4.78, 5) is 17.6. The van der Waals surface area contributed by atoms with E-state index < -0.39 is 0 Å². The Labute approximate surface area is 119 Å². The number of aromatic nitrogens is 1. The average molecular weight is 287 g/mol. The van der Waals surface area contributed by atoms with Gasteiger partial charge in [0.15, 0.2) is 0 Å². The molecule has 5 nitrogen and oxygen atoms in total. The average Bonchev–Trinajstić information content (AvgIpc) is 2.80. The van der Waals surface area contributed by atoms with E-state index in [2.05, 4.69) is 10.3 Å². The summed E-state index contributed by atoms with van der Waals surface area (Å²) < 4.78 is 5.20. The van der Waals surface area contributed by atoms with Crippen LogP contribution in [0.1, 0.15) is 9.67 Å². The zero-order valence-corrected chi connectivity index (χ0v) is 11.9. The minimum Gasteiger partial charge on any atom is -0.497 e. The number of thiophene rings is 1. The van der Waals surface area contributed by atoms with Gasteiger partial charge in [0, 0.05) is 17.8 Å². The van der Waals surface area contributed by atoms with Gasteiger partial charge in [0.25, 0.3) is 5.91 Å². The normalized spacial score (nSPS) is 10.9. The van der Waals surface area contributed by atoms with Crippen LogP contribution in [-0.2, 0) is 0 Å². The number of carbonyl (C=O) groups excluding carboxylic acids is 1. The highest BCUT2D eigenvalue weighted by molar-refractivity contribution is 7.21. The Morgan fingerprint density at radius 3 is 2.90 bits per heavy atom. The summed E-state index contributed by atoms with van der Waals surface area (Å²) in [6, 6.07) is 7.60. The van der Waals surface area contributed by atoms with Crippen LogP contribution in [0.2, 0.25) is 0 Å². The fourth-order valence-corrected chi connectivity index (χ4v) is 3.12. The number of methoxy groups -OCH3 is 1. The molecule has 0 radical (unpaired) electrons. The van der Waals surface area contributed by atoms with Crippen molar-refractivity contribution >= 4 is 44.1 Å². The molecule has 0 atom stereocenters. The van der Waals surface area contributed by atoms with Crippen molar-refractivity contribution in [2.45, 2.75) is 0 Å². The van der Waals surface area contributed by atoms with Gasteiger partial charge in [-0.2, -0.15) is 0 Å². The summed E-state index contributed by atoms with van der Waals surface area (Å²) in [5.74, 6) is 0.575. The van der Waals surface area contributed by atoms with Crippen molar-refractivity contribution in [1.29, 1.82) is 0 Å². The molecule has 0 aliphatic carbocycles. The third-order valence-electron chi connectivity index (χ3n) is 3.15. The molecule has 0 saturated carbocycles. The molecule has 2 heterocycles. The number of nitrogens with zero attached hydrogens (tertiary/aromatic N) is 1. The first-order chi connectivity index (χ1) is 9.63. The van der Waals surface area contributed by atoms with Crippen LogP contribution in [0.25, 0.3) is 21.1 Å². The van der Waals surface area contributed by atoms with E-state index >= 15 is 0 Å². The highest BCUT2D eigenvalue weighted by Gasteiger charge is 2.16. The summed E-state index contributed by atoms with van der Waals surface area (Å²) in [6.07, 6.45) is 0. The Hall–Kier alpha value is -2.34. The first kappa shape index (κ1) is 12.7. The molecule has 3 N–H and O–H groups in total. The smallest absolute Gasteiger partial charge is 0.263 e. The molecule has 6 heteroatoms. The van der Waals surface area contributed by atoms with Crippen LogP contribution in [-0.4, -0.2) is 25.0 Å². The maximum absolute atomic E-state index is 11.8. The third-order valence-corrected chi connectivity index (χ3v) is 4.27. The minimum absolute atomic E-state index is 0.188. The molecule has 3 rings (SSSR count). The van der Waals surface area contributed by atoms with Crippen molar-refractivity contribution < 1.29 is 9.53 Å². The standard InChI is InChI=1S/C14H13N3O2S/c1-16-13(18)12-11(15)9-6-7-5-8(19-2)3-4-10(7)17-14(9)20-12/h3-6H,15H2,1-2H3,(H,16,18). The van der Waals surface area contributed by atoms with Gasteiger partial charge in [0.1, 0.15) is 15.5 Å². The van der Waals surface area contributed by atoms with E-state index in [-0.39, 0.29) is 5.91 Å². The van der Waals surface area contributed by atoms with Crippen LogP contribution in [0.4, 0.5) is 5.69 Å². The number of nitrogens with one attached hydrogen (secondary N) is 1. The van der Waals surface area contributed by atoms with Crippen LogP contribution in [0.5, 0.6) is 5.75 Å². The number of fused-ring (bicyclic) bond motifs is 2. The van der Waals surface area contributed by atoms with E-state index in [1.807, 2.05) is 24.3 Å². The number of carbonyl (C=O) groups is 1. The third kappa shape index (κ3) is 1.85. The van der Waals surface area contributed by atoms with E-state index in [1.165, 1.54) is 11.3 Å². The number of hydrogen-bond donors (Lipinski definition) is 2. The quantitative estimate of drug-likeness (QED) is 0.758. The van der Waals surface area contributed by atoms with Crippen LogP contribution in [0, 0.1) is 0 Å². The fourth-order valence-electron chi connectivity index (χ4n) is 2.09. The van der Waals surface area contributed by atoms with Crippen LogP contribution < -0.4 is 15.8 Å². The molecule has 0 saturated heterocycles. The SMILES string of the molecule is CNC(=O)c1sc2nc3ccc(OC)cc3cc2c1N. The molecule has 0 bridgehead atoms. The van der Waals surface area contributed by atoms with E-state index in [1.54, 1.807) is 14.2 Å². The van der Waals surface area contributed by atoms with Crippen molar-refractivity contribution in [2.75, 3.05) is 19.9 Å². The van der Waals surface area contributed by atoms with Gasteiger partial charge in [0.2, 0.25) is 0 Å². The molecule has 0 aliphatic rings. The second kappa shape index (κ2) is 4.64. The van der Waals surface area contributed by atoms with Gasteiger partial charge in [-0.1, -0.05) is 0 Å². The number of benzene rings is 1. The lowest BCUT2D eigenvalue weighted by atomic mass is 10.1. The molecule has 0 aliphatic heterocycles. The van der Waals surface area contributed by atoms with E-state index in [9.17, 15) is 4.79 Å². The highest BCUT2D eigenvalue weighted by atomic mass is 32.1. The minimum atomic E-state index is -0.188. The zero-order valence-electron chi connectivity index (χ0n) is 11.1. The number of nitrogens with two attached hydrogens (primary N) is 1. The zero-order chi connectivity index (χ0) is 14.3. The van der Waals surface area contributed by atoms with Crippen LogP contribution >= 0.6 is 11.3 Å². The Bertz CT molecular complexity index is 826. The van der Waals surface area contributed by atoms with Gasteiger partial charge in [-0.25, -0.2) is 4.98 Å². The molecule has 1 amide bonds.